The van der Waals surface area contributed by atoms with Crippen LogP contribution in [-0.4, -0.2) is 35.8 Å². The molecule has 4 nitrogen and oxygen atoms in total. The molecule has 2 aliphatic carbocycles. The average molecular weight is 276 g/mol. The monoisotopic (exact) mass is 276 g/mol. The van der Waals surface area contributed by atoms with Crippen LogP contribution in [0.1, 0.15) is 44.9 Å². The minimum Gasteiger partial charge on any atom is -0.353 e. The maximum Gasteiger partial charge on any atom is 0.226 e. The molecule has 0 aromatic heterocycles. The van der Waals surface area contributed by atoms with Gasteiger partial charge in [-0.1, -0.05) is 12.8 Å². The molecule has 4 fully saturated rings. The fourth-order valence-corrected chi connectivity index (χ4v) is 4.88. The van der Waals surface area contributed by atoms with E-state index >= 15 is 0 Å². The highest BCUT2D eigenvalue weighted by Gasteiger charge is 2.56. The number of rotatable bonds is 1. The molecule has 4 atom stereocenters. The van der Waals surface area contributed by atoms with Crippen molar-refractivity contribution in [2.45, 2.75) is 51.0 Å². The first-order valence-corrected chi connectivity index (χ1v) is 8.32. The highest BCUT2D eigenvalue weighted by atomic mass is 16.2. The van der Waals surface area contributed by atoms with Gasteiger partial charge in [-0.3, -0.25) is 9.59 Å². The Labute approximate surface area is 120 Å². The molecule has 0 aromatic rings. The Kier molecular flexibility index (Phi) is 3.00. The van der Waals surface area contributed by atoms with E-state index < -0.39 is 0 Å². The lowest BCUT2D eigenvalue weighted by molar-refractivity contribution is -0.136. The Morgan fingerprint density at radius 1 is 1.10 bits per heavy atom. The summed E-state index contributed by atoms with van der Waals surface area (Å²) in [6.07, 6.45) is 7.73. The Morgan fingerprint density at radius 3 is 2.60 bits per heavy atom. The number of nitrogens with zero attached hydrogens (tertiary/aromatic N) is 1. The maximum atomic E-state index is 12.7. The summed E-state index contributed by atoms with van der Waals surface area (Å²) in [5, 5.41) is 3.10. The van der Waals surface area contributed by atoms with E-state index in [-0.39, 0.29) is 5.91 Å². The fourth-order valence-electron chi connectivity index (χ4n) is 4.88. The van der Waals surface area contributed by atoms with Gasteiger partial charge in [0.2, 0.25) is 11.8 Å². The number of carbonyl (C=O) groups excluding carboxylic acids is 2. The van der Waals surface area contributed by atoms with Gasteiger partial charge in [0.05, 0.1) is 0 Å². The van der Waals surface area contributed by atoms with E-state index in [4.69, 9.17) is 0 Å². The van der Waals surface area contributed by atoms with Gasteiger partial charge in [0, 0.05) is 31.5 Å². The van der Waals surface area contributed by atoms with Gasteiger partial charge < -0.3 is 10.2 Å². The molecule has 2 saturated heterocycles. The minimum atomic E-state index is 0.194. The molecule has 1 N–H and O–H groups in total. The van der Waals surface area contributed by atoms with Gasteiger partial charge in [0.15, 0.2) is 0 Å². The summed E-state index contributed by atoms with van der Waals surface area (Å²) < 4.78 is 0. The van der Waals surface area contributed by atoms with Crippen molar-refractivity contribution in [2.75, 3.05) is 13.1 Å². The molecule has 4 heteroatoms. The van der Waals surface area contributed by atoms with E-state index in [0.29, 0.717) is 42.0 Å². The number of hydrogen-bond acceptors (Lipinski definition) is 2. The number of piperidine rings is 2. The quantitative estimate of drug-likeness (QED) is 0.790. The van der Waals surface area contributed by atoms with Crippen LogP contribution in [-0.2, 0) is 9.59 Å². The lowest BCUT2D eigenvalue weighted by atomic mass is 9.85. The van der Waals surface area contributed by atoms with Crippen molar-refractivity contribution in [3.8, 4) is 0 Å². The largest absolute Gasteiger partial charge is 0.353 e. The zero-order valence-corrected chi connectivity index (χ0v) is 12.0. The van der Waals surface area contributed by atoms with Gasteiger partial charge in [-0.15, -0.1) is 0 Å². The molecule has 2 aliphatic heterocycles. The summed E-state index contributed by atoms with van der Waals surface area (Å²) in [6.45, 7) is 1.72. The molecule has 4 unspecified atom stereocenters. The molecular formula is C16H24N2O2. The first-order chi connectivity index (χ1) is 9.74. The number of amides is 2. The van der Waals surface area contributed by atoms with Gasteiger partial charge in [0.25, 0.3) is 0 Å². The molecule has 0 aromatic carbocycles. The third kappa shape index (κ3) is 2.04. The van der Waals surface area contributed by atoms with Crippen LogP contribution in [0, 0.1) is 23.7 Å². The number of fused-ring (bicyclic) bond motifs is 2. The molecule has 4 aliphatic rings. The molecule has 0 spiro atoms. The highest BCUT2D eigenvalue weighted by molar-refractivity contribution is 5.83. The van der Waals surface area contributed by atoms with Gasteiger partial charge in [-0.25, -0.2) is 0 Å². The lowest BCUT2D eigenvalue weighted by Gasteiger charge is -2.41. The second kappa shape index (κ2) is 4.74. The highest BCUT2D eigenvalue weighted by Crippen LogP contribution is 2.56. The minimum absolute atomic E-state index is 0.194. The Bertz CT molecular complexity index is 424. The van der Waals surface area contributed by atoms with Crippen LogP contribution < -0.4 is 5.32 Å². The van der Waals surface area contributed by atoms with E-state index in [9.17, 15) is 9.59 Å². The summed E-state index contributed by atoms with van der Waals surface area (Å²) in [5.41, 5.74) is 0. The van der Waals surface area contributed by atoms with Crippen molar-refractivity contribution in [1.29, 1.82) is 0 Å². The first-order valence-electron chi connectivity index (χ1n) is 8.32. The van der Waals surface area contributed by atoms with Crippen LogP contribution >= 0.6 is 0 Å². The van der Waals surface area contributed by atoms with E-state index in [1.54, 1.807) is 0 Å². The molecule has 2 heterocycles. The summed E-state index contributed by atoms with van der Waals surface area (Å²) in [7, 11) is 0. The molecule has 0 bridgehead atoms. The van der Waals surface area contributed by atoms with Crippen molar-refractivity contribution < 1.29 is 9.59 Å². The predicted molar refractivity (Wildman–Crippen MR) is 74.8 cm³/mol. The number of likely N-dealkylation sites (tertiary alicyclic amines) is 1. The SMILES string of the molecule is O=C1CCC2CN(C(=O)C3C4CCCCC43)CCC2N1. The van der Waals surface area contributed by atoms with Crippen molar-refractivity contribution in [1.82, 2.24) is 10.2 Å². The summed E-state index contributed by atoms with van der Waals surface area (Å²) in [5.74, 6) is 2.88. The molecule has 20 heavy (non-hydrogen) atoms. The van der Waals surface area contributed by atoms with E-state index in [1.807, 2.05) is 0 Å². The predicted octanol–water partition coefficient (Wildman–Crippen LogP) is 1.55. The molecule has 4 rings (SSSR count). The van der Waals surface area contributed by atoms with Crippen molar-refractivity contribution in [2.24, 2.45) is 23.7 Å². The normalized spacial score (nSPS) is 43.3. The molecule has 2 saturated carbocycles. The number of carbonyl (C=O) groups is 2. The molecule has 0 radical (unpaired) electrons. The van der Waals surface area contributed by atoms with Gasteiger partial charge in [0.1, 0.15) is 0 Å². The van der Waals surface area contributed by atoms with Crippen LogP contribution in [0.25, 0.3) is 0 Å². The van der Waals surface area contributed by atoms with Crippen LogP contribution in [0.15, 0.2) is 0 Å². The van der Waals surface area contributed by atoms with Crippen LogP contribution in [0.5, 0.6) is 0 Å². The van der Waals surface area contributed by atoms with Gasteiger partial charge >= 0.3 is 0 Å². The van der Waals surface area contributed by atoms with Gasteiger partial charge in [-0.2, -0.15) is 0 Å². The summed E-state index contributed by atoms with van der Waals surface area (Å²) in [4.78, 5) is 26.2. The van der Waals surface area contributed by atoms with Crippen LogP contribution in [0.3, 0.4) is 0 Å². The second-order valence-electron chi connectivity index (χ2n) is 7.18. The molecule has 2 amide bonds. The van der Waals surface area contributed by atoms with Crippen molar-refractivity contribution in [3.05, 3.63) is 0 Å². The Morgan fingerprint density at radius 2 is 1.85 bits per heavy atom. The van der Waals surface area contributed by atoms with Crippen molar-refractivity contribution >= 4 is 11.8 Å². The molecule has 110 valence electrons. The fraction of sp³-hybridized carbons (Fsp3) is 0.875. The molecular weight excluding hydrogens is 252 g/mol. The van der Waals surface area contributed by atoms with E-state index in [1.165, 1.54) is 25.7 Å². The standard InChI is InChI=1S/C16H24N2O2/c19-14-6-5-10-9-18(8-7-13(10)17-14)16(20)15-11-3-1-2-4-12(11)15/h10-13,15H,1-9H2,(H,17,19). The number of nitrogens with one attached hydrogen (secondary N) is 1. The Balaban J connectivity index is 1.38. The zero-order valence-electron chi connectivity index (χ0n) is 12.0. The topological polar surface area (TPSA) is 49.4 Å². The first kappa shape index (κ1) is 12.7. The zero-order chi connectivity index (χ0) is 13.7. The third-order valence-corrected chi connectivity index (χ3v) is 6.08. The third-order valence-electron chi connectivity index (χ3n) is 6.08. The van der Waals surface area contributed by atoms with Gasteiger partial charge in [-0.05, 0) is 43.4 Å². The second-order valence-corrected chi connectivity index (χ2v) is 7.18. The average Bonchev–Trinajstić information content (AvgIpc) is 3.20. The van der Waals surface area contributed by atoms with E-state index in [0.717, 1.165) is 25.9 Å². The van der Waals surface area contributed by atoms with Crippen molar-refractivity contribution in [3.63, 3.8) is 0 Å². The maximum absolute atomic E-state index is 12.7. The Hall–Kier alpha value is -1.06. The lowest BCUT2D eigenvalue weighted by Crippen LogP contribution is -2.55. The summed E-state index contributed by atoms with van der Waals surface area (Å²) >= 11 is 0. The van der Waals surface area contributed by atoms with Crippen LogP contribution in [0.4, 0.5) is 0 Å². The summed E-state index contributed by atoms with van der Waals surface area (Å²) in [6, 6.07) is 0.321. The number of hydrogen-bond donors (Lipinski definition) is 1. The smallest absolute Gasteiger partial charge is 0.226 e. The van der Waals surface area contributed by atoms with Crippen LogP contribution in [0.2, 0.25) is 0 Å². The van der Waals surface area contributed by atoms with E-state index in [2.05, 4.69) is 10.2 Å².